The van der Waals surface area contributed by atoms with Gasteiger partial charge < -0.3 is 10.6 Å². The zero-order chi connectivity index (χ0) is 14.7. The lowest BCUT2D eigenvalue weighted by Gasteiger charge is -2.33. The van der Waals surface area contributed by atoms with Gasteiger partial charge in [0, 0.05) is 18.8 Å². The van der Waals surface area contributed by atoms with Gasteiger partial charge in [-0.05, 0) is 37.8 Å². The molecule has 0 unspecified atom stereocenters. The van der Waals surface area contributed by atoms with Gasteiger partial charge in [-0.2, -0.15) is 0 Å². The summed E-state index contributed by atoms with van der Waals surface area (Å²) in [7, 11) is 1.80. The Hall–Kier alpha value is -1.58. The van der Waals surface area contributed by atoms with Crippen molar-refractivity contribution in [3.05, 3.63) is 23.9 Å². The van der Waals surface area contributed by atoms with Crippen LogP contribution in [0, 0.1) is 5.41 Å². The van der Waals surface area contributed by atoms with Crippen LogP contribution in [0.4, 0.5) is 5.82 Å². The molecule has 0 aromatic carbocycles. The second-order valence-electron chi connectivity index (χ2n) is 6.76. The van der Waals surface area contributed by atoms with E-state index in [4.69, 9.17) is 0 Å². The first-order chi connectivity index (χ1) is 8.63. The molecule has 1 heterocycles. The van der Waals surface area contributed by atoms with E-state index in [9.17, 15) is 4.79 Å². The van der Waals surface area contributed by atoms with Gasteiger partial charge in [-0.25, -0.2) is 4.98 Å². The summed E-state index contributed by atoms with van der Waals surface area (Å²) < 4.78 is 0. The van der Waals surface area contributed by atoms with E-state index in [2.05, 4.69) is 36.4 Å². The summed E-state index contributed by atoms with van der Waals surface area (Å²) in [6.45, 7) is 10.6. The number of nitrogens with one attached hydrogen (secondary N) is 2. The van der Waals surface area contributed by atoms with Gasteiger partial charge in [0.15, 0.2) is 0 Å². The molecule has 1 aromatic rings. The summed E-state index contributed by atoms with van der Waals surface area (Å²) in [6.07, 6.45) is 2.50. The minimum absolute atomic E-state index is 0.0793. The largest absolute Gasteiger partial charge is 0.373 e. The highest BCUT2D eigenvalue weighted by molar-refractivity contribution is 5.94. The van der Waals surface area contributed by atoms with Crippen molar-refractivity contribution in [3.8, 4) is 0 Å². The molecule has 2 N–H and O–H groups in total. The third kappa shape index (κ3) is 5.28. The van der Waals surface area contributed by atoms with Crippen molar-refractivity contribution in [2.45, 2.75) is 46.6 Å². The van der Waals surface area contributed by atoms with Crippen molar-refractivity contribution in [2.75, 3.05) is 12.4 Å². The van der Waals surface area contributed by atoms with Crippen molar-refractivity contribution in [3.63, 3.8) is 0 Å². The quantitative estimate of drug-likeness (QED) is 0.877. The monoisotopic (exact) mass is 263 g/mol. The molecule has 4 nitrogen and oxygen atoms in total. The van der Waals surface area contributed by atoms with Crippen LogP contribution in [0.2, 0.25) is 0 Å². The van der Waals surface area contributed by atoms with E-state index >= 15 is 0 Å². The van der Waals surface area contributed by atoms with Crippen LogP contribution in [-0.2, 0) is 0 Å². The van der Waals surface area contributed by atoms with Gasteiger partial charge in [-0.3, -0.25) is 4.79 Å². The average molecular weight is 263 g/mol. The molecule has 0 aliphatic carbocycles. The number of nitrogens with zero attached hydrogens (tertiary/aromatic N) is 1. The molecule has 0 fully saturated rings. The van der Waals surface area contributed by atoms with Crippen LogP contribution in [-0.4, -0.2) is 23.5 Å². The Morgan fingerprint density at radius 1 is 1.21 bits per heavy atom. The van der Waals surface area contributed by atoms with Crippen LogP contribution in [0.5, 0.6) is 0 Å². The van der Waals surface area contributed by atoms with Gasteiger partial charge in [-0.1, -0.05) is 20.8 Å². The van der Waals surface area contributed by atoms with Gasteiger partial charge in [0.2, 0.25) is 0 Å². The van der Waals surface area contributed by atoms with Crippen molar-refractivity contribution < 1.29 is 4.79 Å². The highest BCUT2D eigenvalue weighted by Gasteiger charge is 2.27. The van der Waals surface area contributed by atoms with Crippen molar-refractivity contribution in [2.24, 2.45) is 5.41 Å². The number of anilines is 1. The van der Waals surface area contributed by atoms with E-state index in [1.165, 1.54) is 0 Å². The fraction of sp³-hybridized carbons (Fsp3) is 0.600. The zero-order valence-corrected chi connectivity index (χ0v) is 12.8. The fourth-order valence-corrected chi connectivity index (χ4v) is 2.43. The van der Waals surface area contributed by atoms with E-state index in [1.54, 1.807) is 25.4 Å². The van der Waals surface area contributed by atoms with E-state index in [-0.39, 0.29) is 16.9 Å². The molecule has 0 spiro atoms. The maximum atomic E-state index is 12.2. The molecular weight excluding hydrogens is 238 g/mol. The second kappa shape index (κ2) is 5.59. The van der Waals surface area contributed by atoms with E-state index in [0.29, 0.717) is 5.56 Å². The molecule has 4 heteroatoms. The second-order valence-corrected chi connectivity index (χ2v) is 6.76. The number of aromatic nitrogens is 1. The standard InChI is InChI=1S/C15H25N3O/c1-14(2,3)10-15(4,5)18-13(19)11-7-8-12(16-6)17-9-11/h7-9H,10H2,1-6H3,(H,16,17)(H,18,19). The summed E-state index contributed by atoms with van der Waals surface area (Å²) >= 11 is 0. The molecule has 1 amide bonds. The van der Waals surface area contributed by atoms with Gasteiger partial charge in [-0.15, -0.1) is 0 Å². The highest BCUT2D eigenvalue weighted by Crippen LogP contribution is 2.27. The van der Waals surface area contributed by atoms with Gasteiger partial charge in [0.25, 0.3) is 5.91 Å². The molecule has 19 heavy (non-hydrogen) atoms. The first-order valence-electron chi connectivity index (χ1n) is 6.59. The summed E-state index contributed by atoms with van der Waals surface area (Å²) in [4.78, 5) is 16.3. The molecule has 0 aliphatic heterocycles. The third-order valence-corrected chi connectivity index (χ3v) is 2.71. The minimum atomic E-state index is -0.239. The lowest BCUT2D eigenvalue weighted by molar-refractivity contribution is 0.0891. The normalized spacial score (nSPS) is 12.1. The number of hydrogen-bond acceptors (Lipinski definition) is 3. The number of rotatable bonds is 4. The Balaban J connectivity index is 2.72. The molecule has 0 atom stereocenters. The summed E-state index contributed by atoms with van der Waals surface area (Å²) in [5.74, 6) is 0.676. The molecule has 106 valence electrons. The Labute approximate surface area is 116 Å². The van der Waals surface area contributed by atoms with Crippen molar-refractivity contribution >= 4 is 11.7 Å². The predicted octanol–water partition coefficient (Wildman–Crippen LogP) is 3.07. The first kappa shape index (κ1) is 15.5. The molecule has 0 saturated carbocycles. The number of hydrogen-bond donors (Lipinski definition) is 2. The Kier molecular flexibility index (Phi) is 4.56. The Morgan fingerprint density at radius 3 is 2.26 bits per heavy atom. The van der Waals surface area contributed by atoms with Gasteiger partial charge in [0.05, 0.1) is 5.56 Å². The first-order valence-corrected chi connectivity index (χ1v) is 6.59. The molecule has 0 bridgehead atoms. The summed E-state index contributed by atoms with van der Waals surface area (Å²) in [6, 6.07) is 3.58. The molecule has 1 rings (SSSR count). The van der Waals surface area contributed by atoms with Crippen LogP contribution in [0.1, 0.15) is 51.4 Å². The molecule has 0 radical (unpaired) electrons. The lowest BCUT2D eigenvalue weighted by atomic mass is 9.81. The third-order valence-electron chi connectivity index (χ3n) is 2.71. The molecular formula is C15H25N3O. The fourth-order valence-electron chi connectivity index (χ4n) is 2.43. The lowest BCUT2D eigenvalue weighted by Crippen LogP contribution is -2.45. The Morgan fingerprint density at radius 2 is 1.84 bits per heavy atom. The maximum absolute atomic E-state index is 12.2. The van der Waals surface area contributed by atoms with Crippen LogP contribution in [0.15, 0.2) is 18.3 Å². The van der Waals surface area contributed by atoms with Crippen LogP contribution >= 0.6 is 0 Å². The number of pyridine rings is 1. The van der Waals surface area contributed by atoms with Crippen LogP contribution in [0.25, 0.3) is 0 Å². The highest BCUT2D eigenvalue weighted by atomic mass is 16.1. The smallest absolute Gasteiger partial charge is 0.253 e. The van der Waals surface area contributed by atoms with Gasteiger partial charge in [0.1, 0.15) is 5.82 Å². The number of carbonyl (C=O) groups excluding carboxylic acids is 1. The summed E-state index contributed by atoms with van der Waals surface area (Å²) in [5, 5.41) is 6.00. The Bertz CT molecular complexity index is 430. The van der Waals surface area contributed by atoms with Crippen LogP contribution < -0.4 is 10.6 Å². The van der Waals surface area contributed by atoms with E-state index in [1.807, 2.05) is 13.8 Å². The SMILES string of the molecule is CNc1ccc(C(=O)NC(C)(C)CC(C)(C)C)cn1. The predicted molar refractivity (Wildman–Crippen MR) is 79.4 cm³/mol. The number of amides is 1. The summed E-state index contributed by atoms with van der Waals surface area (Å²) in [5.41, 5.74) is 0.517. The van der Waals surface area contributed by atoms with Crippen molar-refractivity contribution in [1.29, 1.82) is 0 Å². The number of carbonyl (C=O) groups is 1. The molecule has 1 aromatic heterocycles. The maximum Gasteiger partial charge on any atom is 0.253 e. The topological polar surface area (TPSA) is 54.0 Å². The van der Waals surface area contributed by atoms with Crippen LogP contribution in [0.3, 0.4) is 0 Å². The van der Waals surface area contributed by atoms with Gasteiger partial charge >= 0.3 is 0 Å². The zero-order valence-electron chi connectivity index (χ0n) is 12.8. The van der Waals surface area contributed by atoms with E-state index in [0.717, 1.165) is 12.2 Å². The molecule has 0 saturated heterocycles. The van der Waals surface area contributed by atoms with Crippen molar-refractivity contribution in [1.82, 2.24) is 10.3 Å². The average Bonchev–Trinajstić information content (AvgIpc) is 2.25. The molecule has 0 aliphatic rings. The van der Waals surface area contributed by atoms with E-state index < -0.39 is 0 Å². The minimum Gasteiger partial charge on any atom is -0.373 e.